The number of benzene rings is 2. The minimum absolute atomic E-state index is 0.561. The zero-order valence-corrected chi connectivity index (χ0v) is 13.2. The first kappa shape index (κ1) is 15.5. The Labute approximate surface area is 133 Å². The van der Waals surface area contributed by atoms with Gasteiger partial charge < -0.3 is 5.73 Å². The van der Waals surface area contributed by atoms with Gasteiger partial charge in [-0.25, -0.2) is 0 Å². The SMILES string of the molecule is NCC=Cc1ccc(SCc2ccc(Cl)cc2Cl)cc1. The average molecular weight is 324 g/mol. The molecule has 0 amide bonds. The van der Waals surface area contributed by atoms with E-state index in [2.05, 4.69) is 24.3 Å². The zero-order chi connectivity index (χ0) is 14.4. The minimum atomic E-state index is 0.561. The lowest BCUT2D eigenvalue weighted by atomic mass is 10.2. The second-order valence-corrected chi connectivity index (χ2v) is 6.12. The van der Waals surface area contributed by atoms with E-state index in [0.717, 1.165) is 16.9 Å². The van der Waals surface area contributed by atoms with Crippen molar-refractivity contribution in [2.75, 3.05) is 6.54 Å². The fourth-order valence-electron chi connectivity index (χ4n) is 1.68. The summed E-state index contributed by atoms with van der Waals surface area (Å²) in [6, 6.07) is 14.0. The smallest absolute Gasteiger partial charge is 0.0461 e. The minimum Gasteiger partial charge on any atom is -0.327 e. The molecule has 0 unspecified atom stereocenters. The summed E-state index contributed by atoms with van der Waals surface area (Å²) in [4.78, 5) is 1.21. The van der Waals surface area contributed by atoms with Gasteiger partial charge in [-0.1, -0.05) is 53.6 Å². The number of halogens is 2. The van der Waals surface area contributed by atoms with Crippen LogP contribution < -0.4 is 5.73 Å². The van der Waals surface area contributed by atoms with Crippen LogP contribution in [-0.2, 0) is 5.75 Å². The molecule has 0 aliphatic heterocycles. The van der Waals surface area contributed by atoms with Gasteiger partial charge in [0.15, 0.2) is 0 Å². The van der Waals surface area contributed by atoms with E-state index >= 15 is 0 Å². The number of nitrogens with two attached hydrogens (primary N) is 1. The average Bonchev–Trinajstić information content (AvgIpc) is 2.45. The Hall–Kier alpha value is -0.930. The van der Waals surface area contributed by atoms with Gasteiger partial charge in [0, 0.05) is 27.2 Å². The molecule has 2 aromatic rings. The van der Waals surface area contributed by atoms with Crippen LogP contribution in [0.4, 0.5) is 0 Å². The van der Waals surface area contributed by atoms with E-state index in [0.29, 0.717) is 16.6 Å². The molecule has 0 radical (unpaired) electrons. The molecular formula is C16H15Cl2NS. The maximum atomic E-state index is 6.16. The van der Waals surface area contributed by atoms with E-state index in [-0.39, 0.29) is 0 Å². The van der Waals surface area contributed by atoms with Crippen molar-refractivity contribution in [3.8, 4) is 0 Å². The summed E-state index contributed by atoms with van der Waals surface area (Å²) in [6.45, 7) is 0.561. The molecule has 0 saturated carbocycles. The number of hydrogen-bond donors (Lipinski definition) is 1. The van der Waals surface area contributed by atoms with Crippen molar-refractivity contribution >= 4 is 41.0 Å². The van der Waals surface area contributed by atoms with Crippen molar-refractivity contribution in [1.82, 2.24) is 0 Å². The summed E-state index contributed by atoms with van der Waals surface area (Å²) in [5.41, 5.74) is 7.68. The molecule has 0 aliphatic rings. The van der Waals surface area contributed by atoms with E-state index in [1.807, 2.05) is 24.3 Å². The van der Waals surface area contributed by atoms with Crippen LogP contribution in [0.1, 0.15) is 11.1 Å². The fourth-order valence-corrected chi connectivity index (χ4v) is 3.14. The molecule has 0 bridgehead atoms. The van der Waals surface area contributed by atoms with E-state index in [4.69, 9.17) is 28.9 Å². The highest BCUT2D eigenvalue weighted by molar-refractivity contribution is 7.98. The van der Waals surface area contributed by atoms with Crippen LogP contribution >= 0.6 is 35.0 Å². The Morgan fingerprint density at radius 1 is 1.05 bits per heavy atom. The normalized spacial score (nSPS) is 11.2. The summed E-state index contributed by atoms with van der Waals surface area (Å²) in [7, 11) is 0. The molecule has 104 valence electrons. The van der Waals surface area contributed by atoms with E-state index in [9.17, 15) is 0 Å². The van der Waals surface area contributed by atoms with Crippen LogP contribution in [0.2, 0.25) is 10.0 Å². The van der Waals surface area contributed by atoms with Crippen LogP contribution in [0.3, 0.4) is 0 Å². The molecule has 0 atom stereocenters. The lowest BCUT2D eigenvalue weighted by molar-refractivity contribution is 1.26. The Morgan fingerprint density at radius 2 is 1.80 bits per heavy atom. The van der Waals surface area contributed by atoms with Gasteiger partial charge in [0.25, 0.3) is 0 Å². The fraction of sp³-hybridized carbons (Fsp3) is 0.125. The van der Waals surface area contributed by atoms with Gasteiger partial charge in [-0.15, -0.1) is 11.8 Å². The molecule has 2 N–H and O–H groups in total. The maximum absolute atomic E-state index is 6.16. The first-order chi connectivity index (χ1) is 9.69. The number of rotatable bonds is 5. The lowest BCUT2D eigenvalue weighted by Gasteiger charge is -2.05. The molecule has 0 aliphatic carbocycles. The molecule has 0 aromatic heterocycles. The Balaban J connectivity index is 1.98. The van der Waals surface area contributed by atoms with Crippen LogP contribution in [0.5, 0.6) is 0 Å². The zero-order valence-electron chi connectivity index (χ0n) is 10.9. The molecule has 2 rings (SSSR count). The highest BCUT2D eigenvalue weighted by atomic mass is 35.5. The van der Waals surface area contributed by atoms with Gasteiger partial charge in [0.05, 0.1) is 0 Å². The molecular weight excluding hydrogens is 309 g/mol. The van der Waals surface area contributed by atoms with Crippen molar-refractivity contribution in [2.24, 2.45) is 5.73 Å². The van der Waals surface area contributed by atoms with Gasteiger partial charge in [0.2, 0.25) is 0 Å². The maximum Gasteiger partial charge on any atom is 0.0461 e. The topological polar surface area (TPSA) is 26.0 Å². The van der Waals surface area contributed by atoms with Crippen molar-refractivity contribution in [3.05, 3.63) is 69.7 Å². The summed E-state index contributed by atoms with van der Waals surface area (Å²) in [6.07, 6.45) is 3.96. The third kappa shape index (κ3) is 4.57. The third-order valence-electron chi connectivity index (χ3n) is 2.74. The first-order valence-corrected chi connectivity index (χ1v) is 7.96. The number of hydrogen-bond acceptors (Lipinski definition) is 2. The molecule has 0 heterocycles. The predicted molar refractivity (Wildman–Crippen MR) is 90.6 cm³/mol. The Kier molecular flexibility index (Phi) is 5.99. The first-order valence-electron chi connectivity index (χ1n) is 6.22. The van der Waals surface area contributed by atoms with Gasteiger partial charge >= 0.3 is 0 Å². The highest BCUT2D eigenvalue weighted by Crippen LogP contribution is 2.28. The molecule has 2 aromatic carbocycles. The Morgan fingerprint density at radius 3 is 2.45 bits per heavy atom. The van der Waals surface area contributed by atoms with E-state index in [1.54, 1.807) is 17.8 Å². The largest absolute Gasteiger partial charge is 0.327 e. The standard InChI is InChI=1S/C16H15Cl2NS/c17-14-6-5-13(16(18)10-14)11-20-15-7-3-12(4-8-15)2-1-9-19/h1-8,10H,9,11,19H2. The number of thioether (sulfide) groups is 1. The van der Waals surface area contributed by atoms with Crippen molar-refractivity contribution in [3.63, 3.8) is 0 Å². The molecule has 20 heavy (non-hydrogen) atoms. The lowest BCUT2D eigenvalue weighted by Crippen LogP contribution is -1.91. The van der Waals surface area contributed by atoms with E-state index < -0.39 is 0 Å². The summed E-state index contributed by atoms with van der Waals surface area (Å²) >= 11 is 13.8. The molecule has 0 fully saturated rings. The second kappa shape index (κ2) is 7.75. The predicted octanol–water partition coefficient (Wildman–Crippen LogP) is 5.26. The third-order valence-corrected chi connectivity index (χ3v) is 4.38. The quantitative estimate of drug-likeness (QED) is 0.760. The van der Waals surface area contributed by atoms with Crippen LogP contribution in [0, 0.1) is 0 Å². The molecule has 0 saturated heterocycles. The van der Waals surface area contributed by atoms with Crippen molar-refractivity contribution in [1.29, 1.82) is 0 Å². The van der Waals surface area contributed by atoms with Gasteiger partial charge in [-0.3, -0.25) is 0 Å². The van der Waals surface area contributed by atoms with Crippen LogP contribution in [0.15, 0.2) is 53.4 Å². The Bertz CT molecular complexity index is 594. The van der Waals surface area contributed by atoms with E-state index in [1.165, 1.54) is 4.90 Å². The summed E-state index contributed by atoms with van der Waals surface area (Å²) in [5, 5.41) is 1.38. The van der Waals surface area contributed by atoms with Crippen molar-refractivity contribution in [2.45, 2.75) is 10.6 Å². The molecule has 1 nitrogen and oxygen atoms in total. The van der Waals surface area contributed by atoms with Gasteiger partial charge in [-0.2, -0.15) is 0 Å². The second-order valence-electron chi connectivity index (χ2n) is 4.23. The monoisotopic (exact) mass is 323 g/mol. The molecule has 0 spiro atoms. The van der Waals surface area contributed by atoms with Gasteiger partial charge in [0.1, 0.15) is 0 Å². The van der Waals surface area contributed by atoms with Crippen LogP contribution in [-0.4, -0.2) is 6.54 Å². The highest BCUT2D eigenvalue weighted by Gasteiger charge is 2.02. The van der Waals surface area contributed by atoms with Crippen LogP contribution in [0.25, 0.3) is 6.08 Å². The molecule has 4 heteroatoms. The van der Waals surface area contributed by atoms with Gasteiger partial charge in [-0.05, 0) is 35.4 Å². The van der Waals surface area contributed by atoms with Crippen molar-refractivity contribution < 1.29 is 0 Å². The summed E-state index contributed by atoms with van der Waals surface area (Å²) < 4.78 is 0. The summed E-state index contributed by atoms with van der Waals surface area (Å²) in [5.74, 6) is 0.827.